The first-order chi connectivity index (χ1) is 18.2. The summed E-state index contributed by atoms with van der Waals surface area (Å²) in [6.45, 7) is 13.7. The summed E-state index contributed by atoms with van der Waals surface area (Å²) in [5, 5.41) is 1.37. The minimum Gasteiger partial charge on any atom is -0.340 e. The summed E-state index contributed by atoms with van der Waals surface area (Å²) in [6, 6.07) is 15.8. The zero-order valence-corrected chi connectivity index (χ0v) is 24.2. The van der Waals surface area contributed by atoms with E-state index in [-0.39, 0.29) is 29.8 Å². The summed E-state index contributed by atoms with van der Waals surface area (Å²) < 4.78 is 0. The first-order valence-electron chi connectivity index (χ1n) is 13.6. The van der Waals surface area contributed by atoms with E-state index in [1.165, 1.54) is 0 Å². The molecule has 2 aliphatic rings. The van der Waals surface area contributed by atoms with Crippen molar-refractivity contribution in [1.29, 1.82) is 0 Å². The molecule has 7 heteroatoms. The third-order valence-corrected chi connectivity index (χ3v) is 8.82. The summed E-state index contributed by atoms with van der Waals surface area (Å²) in [7, 11) is 0. The van der Waals surface area contributed by atoms with Crippen LogP contribution < -0.4 is 0 Å². The second-order valence-electron chi connectivity index (χ2n) is 11.0. The molecule has 4 atom stereocenters. The smallest absolute Gasteiger partial charge is 0.229 e. The maximum Gasteiger partial charge on any atom is 0.229 e. The Kier molecular flexibility index (Phi) is 9.23. The van der Waals surface area contributed by atoms with Gasteiger partial charge in [0.2, 0.25) is 11.8 Å². The fourth-order valence-electron chi connectivity index (χ4n) is 6.25. The second kappa shape index (κ2) is 12.2. The molecule has 2 fully saturated rings. The van der Waals surface area contributed by atoms with Crippen molar-refractivity contribution in [3.63, 3.8) is 0 Å². The number of nitrogens with zero attached hydrogens (tertiary/aromatic N) is 3. The average molecular weight is 557 g/mol. The third kappa shape index (κ3) is 6.11. The van der Waals surface area contributed by atoms with Crippen molar-refractivity contribution in [2.45, 2.75) is 58.0 Å². The zero-order valence-electron chi connectivity index (χ0n) is 22.7. The molecule has 38 heavy (non-hydrogen) atoms. The van der Waals surface area contributed by atoms with Crippen LogP contribution in [-0.4, -0.2) is 65.3 Å². The van der Waals surface area contributed by atoms with Gasteiger partial charge in [-0.25, -0.2) is 0 Å². The van der Waals surface area contributed by atoms with Gasteiger partial charge in [-0.3, -0.25) is 14.5 Å². The van der Waals surface area contributed by atoms with Gasteiger partial charge >= 0.3 is 0 Å². The lowest BCUT2D eigenvalue weighted by atomic mass is 9.67. The Morgan fingerprint density at radius 2 is 1.76 bits per heavy atom. The van der Waals surface area contributed by atoms with Crippen molar-refractivity contribution in [2.24, 2.45) is 5.41 Å². The van der Waals surface area contributed by atoms with Crippen LogP contribution in [0.15, 0.2) is 61.2 Å². The quantitative estimate of drug-likeness (QED) is 0.345. The number of carbonyl (C=O) groups is 2. The van der Waals surface area contributed by atoms with Crippen LogP contribution in [0.1, 0.15) is 63.1 Å². The number of halogens is 2. The lowest BCUT2D eigenvalue weighted by Crippen LogP contribution is -2.59. The summed E-state index contributed by atoms with van der Waals surface area (Å²) in [4.78, 5) is 32.8. The Morgan fingerprint density at radius 1 is 1.08 bits per heavy atom. The largest absolute Gasteiger partial charge is 0.340 e. The molecule has 4 rings (SSSR count). The van der Waals surface area contributed by atoms with Gasteiger partial charge in [-0.05, 0) is 54.7 Å². The van der Waals surface area contributed by atoms with E-state index < -0.39 is 5.41 Å². The zero-order chi connectivity index (χ0) is 27.4. The predicted octanol–water partition coefficient (Wildman–Crippen LogP) is 6.58. The molecule has 2 aromatic rings. The fraction of sp³-hybridized carbons (Fsp3) is 0.484. The van der Waals surface area contributed by atoms with Crippen LogP contribution >= 0.6 is 23.2 Å². The molecule has 0 aliphatic carbocycles. The highest BCUT2D eigenvalue weighted by atomic mass is 35.5. The summed E-state index contributed by atoms with van der Waals surface area (Å²) in [5.41, 5.74) is 1.64. The lowest BCUT2D eigenvalue weighted by molar-refractivity contribution is -0.155. The summed E-state index contributed by atoms with van der Waals surface area (Å²) >= 11 is 12.8. The van der Waals surface area contributed by atoms with E-state index in [0.29, 0.717) is 22.9 Å². The fourth-order valence-corrected chi connectivity index (χ4v) is 6.57. The Balaban J connectivity index is 1.77. The molecule has 0 bridgehead atoms. The van der Waals surface area contributed by atoms with Crippen molar-refractivity contribution >= 4 is 35.0 Å². The number of carbonyl (C=O) groups excluding carboxylic acids is 2. The highest BCUT2D eigenvalue weighted by Crippen LogP contribution is 2.52. The van der Waals surface area contributed by atoms with Gasteiger partial charge in [0, 0.05) is 61.7 Å². The number of amides is 2. The number of benzene rings is 2. The van der Waals surface area contributed by atoms with Crippen molar-refractivity contribution < 1.29 is 9.59 Å². The normalized spacial score (nSPS) is 25.3. The molecule has 0 radical (unpaired) electrons. The van der Waals surface area contributed by atoms with Gasteiger partial charge in [0.25, 0.3) is 0 Å². The van der Waals surface area contributed by atoms with Gasteiger partial charge < -0.3 is 9.80 Å². The lowest BCUT2D eigenvalue weighted by Gasteiger charge is -2.53. The van der Waals surface area contributed by atoms with Crippen LogP contribution in [0.25, 0.3) is 0 Å². The maximum atomic E-state index is 14.5. The van der Waals surface area contributed by atoms with E-state index in [1.54, 1.807) is 6.92 Å². The van der Waals surface area contributed by atoms with Crippen LogP contribution in [0.2, 0.25) is 10.0 Å². The predicted molar refractivity (Wildman–Crippen MR) is 156 cm³/mol. The first kappa shape index (κ1) is 28.7. The van der Waals surface area contributed by atoms with Crippen molar-refractivity contribution in [1.82, 2.24) is 14.7 Å². The Labute approximate surface area is 237 Å². The van der Waals surface area contributed by atoms with Crippen LogP contribution in [0.4, 0.5) is 0 Å². The number of allylic oxidation sites excluding steroid dienone is 1. The Bertz CT molecular complexity index is 1150. The van der Waals surface area contributed by atoms with Crippen LogP contribution in [0.5, 0.6) is 0 Å². The number of likely N-dealkylation sites (tertiary alicyclic amines) is 1. The van der Waals surface area contributed by atoms with Gasteiger partial charge in [-0.15, -0.1) is 6.58 Å². The monoisotopic (exact) mass is 555 g/mol. The molecular weight excluding hydrogens is 517 g/mol. The number of hydrogen-bond acceptors (Lipinski definition) is 3. The van der Waals surface area contributed by atoms with E-state index in [0.717, 1.165) is 50.3 Å². The molecule has 0 spiro atoms. The highest BCUT2D eigenvalue weighted by Gasteiger charge is 2.51. The molecule has 2 saturated heterocycles. The van der Waals surface area contributed by atoms with Gasteiger partial charge in [-0.1, -0.05) is 67.4 Å². The minimum atomic E-state index is -0.571. The number of piperidine rings is 1. The molecule has 2 aromatic carbocycles. The van der Waals surface area contributed by atoms with Crippen molar-refractivity contribution in [2.75, 3.05) is 32.7 Å². The van der Waals surface area contributed by atoms with E-state index in [9.17, 15) is 9.59 Å². The Hall–Kier alpha value is -2.34. The maximum absolute atomic E-state index is 14.5. The second-order valence-corrected chi connectivity index (χ2v) is 11.9. The van der Waals surface area contributed by atoms with Gasteiger partial charge in [0.1, 0.15) is 0 Å². The summed E-state index contributed by atoms with van der Waals surface area (Å²) in [6.07, 6.45) is 4.01. The van der Waals surface area contributed by atoms with E-state index >= 15 is 0 Å². The van der Waals surface area contributed by atoms with Crippen LogP contribution in [-0.2, 0) is 9.59 Å². The molecule has 5 nitrogen and oxygen atoms in total. The molecule has 2 aliphatic heterocycles. The average Bonchev–Trinajstić information content (AvgIpc) is 2.90. The van der Waals surface area contributed by atoms with E-state index in [2.05, 4.69) is 48.4 Å². The SMILES string of the molecule is C=CCC1(C)CC(c2cccc(Cl)c2)C(c2ccc(Cl)cc2)N(C(CC)CN2CCN(C(C)=O)CC2)C1=O. The molecule has 204 valence electrons. The van der Waals surface area contributed by atoms with Gasteiger partial charge in [-0.2, -0.15) is 0 Å². The number of hydrogen-bond donors (Lipinski definition) is 0. The highest BCUT2D eigenvalue weighted by molar-refractivity contribution is 6.30. The molecule has 0 saturated carbocycles. The molecular formula is C31H39Cl2N3O2. The van der Waals surface area contributed by atoms with Crippen molar-refractivity contribution in [3.8, 4) is 0 Å². The molecule has 0 aromatic heterocycles. The van der Waals surface area contributed by atoms with Crippen molar-refractivity contribution in [3.05, 3.63) is 82.4 Å². The molecule has 2 heterocycles. The van der Waals surface area contributed by atoms with Crippen LogP contribution in [0, 0.1) is 5.41 Å². The van der Waals surface area contributed by atoms with E-state index in [1.807, 2.05) is 41.3 Å². The molecule has 2 amide bonds. The van der Waals surface area contributed by atoms with Gasteiger partial charge in [0.05, 0.1) is 11.5 Å². The molecule has 4 unspecified atom stereocenters. The van der Waals surface area contributed by atoms with E-state index in [4.69, 9.17) is 23.2 Å². The molecule has 0 N–H and O–H groups in total. The third-order valence-electron chi connectivity index (χ3n) is 8.34. The summed E-state index contributed by atoms with van der Waals surface area (Å²) in [5.74, 6) is 0.348. The minimum absolute atomic E-state index is 0.0122. The standard InChI is InChI=1S/C31H39Cl2N3O2/c1-5-14-31(4)20-28(24-8-7-9-26(33)19-24)29(23-10-12-25(32)13-11-23)36(30(31)38)27(6-2)21-34-15-17-35(18-16-34)22(3)37/h5,7-13,19,27-29H,1,6,14-18,20-21H2,2-4H3. The first-order valence-corrected chi connectivity index (χ1v) is 14.3. The van der Waals surface area contributed by atoms with Crippen LogP contribution in [0.3, 0.4) is 0 Å². The Morgan fingerprint density at radius 3 is 2.34 bits per heavy atom. The number of rotatable bonds is 8. The van der Waals surface area contributed by atoms with Gasteiger partial charge in [0.15, 0.2) is 0 Å². The topological polar surface area (TPSA) is 43.9 Å². The number of piperazine rings is 1.